The molecule has 0 aliphatic carbocycles. The largest absolute Gasteiger partial charge is 0.416 e. The summed E-state index contributed by atoms with van der Waals surface area (Å²) in [4.78, 5) is 28.9. The molecule has 2 bridgehead atoms. The first-order valence-corrected chi connectivity index (χ1v) is 14.5. The fraction of sp³-hybridized carbons (Fsp3) is 0.407. The van der Waals surface area contributed by atoms with Gasteiger partial charge in [0.25, 0.3) is 15.9 Å². The summed E-state index contributed by atoms with van der Waals surface area (Å²) in [6.07, 6.45) is 0.463. The number of sulfonamides is 1. The molecule has 0 N–H and O–H groups in total. The molecule has 216 valence electrons. The Balaban J connectivity index is 1.82. The molecular formula is C27H29ClF3N3O5S. The van der Waals surface area contributed by atoms with Crippen LogP contribution in [0, 0.1) is 0 Å². The van der Waals surface area contributed by atoms with Crippen LogP contribution in [-0.4, -0.2) is 76.0 Å². The minimum Gasteiger partial charge on any atom is -0.368 e. The number of hydrogen-bond acceptors (Lipinski definition) is 5. The van der Waals surface area contributed by atoms with Crippen molar-refractivity contribution in [2.24, 2.45) is 0 Å². The number of hydrogen-bond donors (Lipinski definition) is 0. The van der Waals surface area contributed by atoms with Crippen LogP contribution in [0.15, 0.2) is 59.5 Å². The number of nitrogens with zero attached hydrogens (tertiary/aromatic N) is 3. The van der Waals surface area contributed by atoms with E-state index in [-0.39, 0.29) is 54.5 Å². The highest BCUT2D eigenvalue weighted by atomic mass is 35.5. The number of anilines is 1. The predicted molar refractivity (Wildman–Crippen MR) is 144 cm³/mol. The SMILES string of the molecule is CN1C[C@H]2CCCCN2C(=O)c2ccc(Cl)c(c2)S(=O)(=O)N(c2cccc(C(F)(F)F)c2)C/C=C\COCC1=O. The van der Waals surface area contributed by atoms with Gasteiger partial charge in [0.1, 0.15) is 11.5 Å². The van der Waals surface area contributed by atoms with Crippen LogP contribution in [0.1, 0.15) is 35.2 Å². The number of ether oxygens (including phenoxy) is 1. The number of likely N-dealkylation sites (N-methyl/N-ethyl adjacent to an activating group) is 1. The van der Waals surface area contributed by atoms with Crippen LogP contribution in [-0.2, 0) is 25.7 Å². The van der Waals surface area contributed by atoms with E-state index in [1.807, 2.05) is 0 Å². The van der Waals surface area contributed by atoms with Crippen molar-refractivity contribution in [1.29, 1.82) is 0 Å². The van der Waals surface area contributed by atoms with Crippen molar-refractivity contribution in [2.75, 3.05) is 44.2 Å². The minimum atomic E-state index is -4.70. The summed E-state index contributed by atoms with van der Waals surface area (Å²) in [7, 11) is -2.91. The van der Waals surface area contributed by atoms with Gasteiger partial charge in [0.05, 0.1) is 29.4 Å². The van der Waals surface area contributed by atoms with Gasteiger partial charge in [-0.25, -0.2) is 8.42 Å². The number of carbonyl (C=O) groups is 2. The van der Waals surface area contributed by atoms with Crippen molar-refractivity contribution in [1.82, 2.24) is 9.80 Å². The van der Waals surface area contributed by atoms with Gasteiger partial charge in [-0.1, -0.05) is 29.8 Å². The Morgan fingerprint density at radius 2 is 1.82 bits per heavy atom. The molecule has 13 heteroatoms. The second-order valence-electron chi connectivity index (χ2n) is 9.64. The van der Waals surface area contributed by atoms with E-state index < -0.39 is 32.6 Å². The third-order valence-corrected chi connectivity index (χ3v) is 9.16. The average Bonchev–Trinajstić information content (AvgIpc) is 2.91. The molecule has 0 saturated carbocycles. The number of amides is 2. The molecule has 2 aliphatic rings. The molecule has 0 aromatic heterocycles. The molecule has 1 atom stereocenters. The molecule has 2 aromatic carbocycles. The van der Waals surface area contributed by atoms with E-state index in [0.29, 0.717) is 13.0 Å². The lowest BCUT2D eigenvalue weighted by Crippen LogP contribution is -2.50. The van der Waals surface area contributed by atoms with E-state index in [4.69, 9.17) is 16.3 Å². The lowest BCUT2D eigenvalue weighted by molar-refractivity contribution is -0.137. The molecule has 1 saturated heterocycles. The van der Waals surface area contributed by atoms with Crippen molar-refractivity contribution in [3.05, 3.63) is 70.8 Å². The smallest absolute Gasteiger partial charge is 0.368 e. The van der Waals surface area contributed by atoms with E-state index in [9.17, 15) is 31.2 Å². The highest BCUT2D eigenvalue weighted by molar-refractivity contribution is 7.93. The van der Waals surface area contributed by atoms with E-state index in [2.05, 4.69) is 0 Å². The third kappa shape index (κ3) is 6.61. The van der Waals surface area contributed by atoms with Gasteiger partial charge in [0.2, 0.25) is 5.91 Å². The lowest BCUT2D eigenvalue weighted by Gasteiger charge is -2.38. The second-order valence-corrected chi connectivity index (χ2v) is 11.9. The minimum absolute atomic E-state index is 0.0274. The standard InChI is InChI=1S/C27H29ClF3N3O5S/c1-32-17-22-8-2-3-12-33(22)26(36)19-10-11-23(28)24(15-19)40(37,38)34(13-4-5-14-39-18-25(32)35)21-9-6-7-20(16-21)27(29,30)31/h4-7,9-11,15-16,22H,2-3,8,12-14,17-18H2,1H3/b5-4-/t22-/m1/s1. The topological polar surface area (TPSA) is 87.2 Å². The summed E-state index contributed by atoms with van der Waals surface area (Å²) in [5.74, 6) is -0.706. The first kappa shape index (κ1) is 29.9. The van der Waals surface area contributed by atoms with Gasteiger partial charge in [-0.15, -0.1) is 0 Å². The van der Waals surface area contributed by atoms with Gasteiger partial charge in [-0.2, -0.15) is 13.2 Å². The average molecular weight is 600 g/mol. The maximum absolute atomic E-state index is 13.9. The lowest BCUT2D eigenvalue weighted by atomic mass is 10.00. The zero-order chi connectivity index (χ0) is 29.1. The van der Waals surface area contributed by atoms with Crippen LogP contribution in [0.5, 0.6) is 0 Å². The number of fused-ring (bicyclic) bond motifs is 3. The number of alkyl halides is 3. The summed E-state index contributed by atoms with van der Waals surface area (Å²) in [6, 6.07) is 7.52. The molecule has 4 rings (SSSR count). The van der Waals surface area contributed by atoms with E-state index in [1.54, 1.807) is 11.9 Å². The summed E-state index contributed by atoms with van der Waals surface area (Å²) < 4.78 is 74.4. The monoisotopic (exact) mass is 599 g/mol. The van der Waals surface area contributed by atoms with Gasteiger partial charge >= 0.3 is 6.18 Å². The molecule has 0 unspecified atom stereocenters. The van der Waals surface area contributed by atoms with Crippen LogP contribution >= 0.6 is 11.6 Å². The molecule has 8 nitrogen and oxygen atoms in total. The van der Waals surface area contributed by atoms with Crippen molar-refractivity contribution >= 4 is 39.1 Å². The maximum Gasteiger partial charge on any atom is 0.416 e. The molecule has 2 aliphatic heterocycles. The van der Waals surface area contributed by atoms with Crippen LogP contribution < -0.4 is 4.31 Å². The van der Waals surface area contributed by atoms with Crippen LogP contribution in [0.2, 0.25) is 5.02 Å². The van der Waals surface area contributed by atoms with Crippen molar-refractivity contribution in [3.8, 4) is 0 Å². The predicted octanol–water partition coefficient (Wildman–Crippen LogP) is 4.59. The highest BCUT2D eigenvalue weighted by Gasteiger charge is 2.34. The normalized spacial score (nSPS) is 22.0. The Kier molecular flexibility index (Phi) is 9.11. The number of benzene rings is 2. The van der Waals surface area contributed by atoms with Crippen molar-refractivity contribution in [3.63, 3.8) is 0 Å². The van der Waals surface area contributed by atoms with Crippen LogP contribution in [0.3, 0.4) is 0 Å². The van der Waals surface area contributed by atoms with E-state index in [0.717, 1.165) is 41.4 Å². The molecular weight excluding hydrogens is 571 g/mol. The van der Waals surface area contributed by atoms with E-state index in [1.165, 1.54) is 35.3 Å². The summed E-state index contributed by atoms with van der Waals surface area (Å²) in [5.41, 5.74) is -1.19. The number of rotatable bonds is 1. The maximum atomic E-state index is 13.9. The molecule has 1 fully saturated rings. The molecule has 0 radical (unpaired) electrons. The second kappa shape index (κ2) is 12.2. The Morgan fingerprint density at radius 1 is 1.05 bits per heavy atom. The number of carbonyl (C=O) groups excluding carboxylic acids is 2. The van der Waals surface area contributed by atoms with E-state index >= 15 is 0 Å². The number of halogens is 4. The summed E-state index contributed by atoms with van der Waals surface area (Å²) >= 11 is 6.32. The molecule has 40 heavy (non-hydrogen) atoms. The Labute approximate surface area is 236 Å². The van der Waals surface area contributed by atoms with Gasteiger partial charge in [0, 0.05) is 31.7 Å². The fourth-order valence-corrected chi connectivity index (χ4v) is 6.65. The Morgan fingerprint density at radius 3 is 2.58 bits per heavy atom. The number of piperidine rings is 1. The summed E-state index contributed by atoms with van der Waals surface area (Å²) in [6.45, 7) is 0.0935. The van der Waals surface area contributed by atoms with Gasteiger partial charge in [-0.3, -0.25) is 13.9 Å². The summed E-state index contributed by atoms with van der Waals surface area (Å²) in [5, 5.41) is -0.181. The third-order valence-electron chi connectivity index (χ3n) is 6.88. The molecule has 2 heterocycles. The zero-order valence-corrected chi connectivity index (χ0v) is 23.3. The Bertz CT molecular complexity index is 1400. The molecule has 2 aromatic rings. The van der Waals surface area contributed by atoms with Crippen molar-refractivity contribution < 1.29 is 35.9 Å². The van der Waals surface area contributed by atoms with Gasteiger partial charge in [-0.05, 0) is 55.7 Å². The zero-order valence-electron chi connectivity index (χ0n) is 21.7. The first-order chi connectivity index (χ1) is 18.9. The van der Waals surface area contributed by atoms with Crippen LogP contribution in [0.25, 0.3) is 0 Å². The van der Waals surface area contributed by atoms with Gasteiger partial charge < -0.3 is 14.5 Å². The highest BCUT2D eigenvalue weighted by Crippen LogP contribution is 2.35. The molecule has 0 spiro atoms. The first-order valence-electron chi connectivity index (χ1n) is 12.7. The quantitative estimate of drug-likeness (QED) is 0.448. The molecule has 2 amide bonds. The van der Waals surface area contributed by atoms with Crippen molar-refractivity contribution in [2.45, 2.75) is 36.4 Å². The fourth-order valence-electron chi connectivity index (χ4n) is 4.74. The van der Waals surface area contributed by atoms with Gasteiger partial charge in [0.15, 0.2) is 0 Å². The Hall–Kier alpha value is -3.09. The van der Waals surface area contributed by atoms with Crippen LogP contribution in [0.4, 0.5) is 18.9 Å².